The van der Waals surface area contributed by atoms with Gasteiger partial charge >= 0.3 is 0 Å². The molecule has 1 aliphatic heterocycles. The van der Waals surface area contributed by atoms with Crippen LogP contribution < -0.4 is 10.1 Å². The molecule has 0 spiro atoms. The fourth-order valence-corrected chi connectivity index (χ4v) is 2.83. The van der Waals surface area contributed by atoms with Gasteiger partial charge in [0.2, 0.25) is 0 Å². The van der Waals surface area contributed by atoms with Gasteiger partial charge in [0, 0.05) is 0 Å². The predicted octanol–water partition coefficient (Wildman–Crippen LogP) is 5.16. The molecule has 3 rings (SSSR count). The maximum atomic E-state index is 6.13. The van der Waals surface area contributed by atoms with Crippen molar-refractivity contribution in [2.45, 2.75) is 20.0 Å². The Kier molecular flexibility index (Phi) is 3.53. The third-order valence-electron chi connectivity index (χ3n) is 3.47. The van der Waals surface area contributed by atoms with Crippen LogP contribution in [0, 0.1) is 13.8 Å². The number of halogens is 2. The molecule has 0 aliphatic carbocycles. The Morgan fingerprint density at radius 3 is 2.65 bits per heavy atom. The molecule has 0 fully saturated rings. The van der Waals surface area contributed by atoms with Gasteiger partial charge in [-0.25, -0.2) is 0 Å². The van der Waals surface area contributed by atoms with Crippen molar-refractivity contribution < 1.29 is 4.74 Å². The maximum Gasteiger partial charge on any atom is 0.146 e. The minimum atomic E-state index is -0.0568. The molecular weight excluding hydrogens is 293 g/mol. The Morgan fingerprint density at radius 2 is 1.90 bits per heavy atom. The highest BCUT2D eigenvalue weighted by Gasteiger charge is 2.23. The van der Waals surface area contributed by atoms with Gasteiger partial charge in [-0.3, -0.25) is 0 Å². The van der Waals surface area contributed by atoms with Crippen molar-refractivity contribution in [3.63, 3.8) is 0 Å². The minimum absolute atomic E-state index is 0.0568. The lowest BCUT2D eigenvalue weighted by molar-refractivity contribution is 0.209. The molecular formula is C16H15Cl2NO. The number of hydrogen-bond acceptors (Lipinski definition) is 2. The van der Waals surface area contributed by atoms with Crippen molar-refractivity contribution in [2.24, 2.45) is 0 Å². The summed E-state index contributed by atoms with van der Waals surface area (Å²) in [6.45, 7) is 4.86. The zero-order valence-corrected chi connectivity index (χ0v) is 12.8. The Labute approximate surface area is 128 Å². The van der Waals surface area contributed by atoms with E-state index in [0.717, 1.165) is 22.6 Å². The van der Waals surface area contributed by atoms with E-state index in [4.69, 9.17) is 27.9 Å². The Morgan fingerprint density at radius 1 is 1.10 bits per heavy atom. The number of rotatable bonds is 1. The number of aryl methyl sites for hydroxylation is 2. The van der Waals surface area contributed by atoms with Crippen LogP contribution in [0.5, 0.6) is 5.75 Å². The second-order valence-electron chi connectivity index (χ2n) is 5.12. The van der Waals surface area contributed by atoms with Crippen LogP contribution in [0.2, 0.25) is 10.0 Å². The van der Waals surface area contributed by atoms with E-state index in [9.17, 15) is 0 Å². The first-order chi connectivity index (χ1) is 9.54. The van der Waals surface area contributed by atoms with E-state index in [1.807, 2.05) is 12.1 Å². The Bertz CT molecular complexity index is 670. The average molecular weight is 308 g/mol. The molecule has 2 nitrogen and oxygen atoms in total. The van der Waals surface area contributed by atoms with Crippen LogP contribution in [0.25, 0.3) is 0 Å². The molecule has 0 amide bonds. The summed E-state index contributed by atoms with van der Waals surface area (Å²) in [5, 5.41) is 4.54. The number of hydrogen-bond donors (Lipinski definition) is 1. The lowest BCUT2D eigenvalue weighted by Crippen LogP contribution is -2.24. The largest absolute Gasteiger partial charge is 0.481 e. The van der Waals surface area contributed by atoms with Crippen molar-refractivity contribution in [1.29, 1.82) is 0 Å². The first-order valence-corrected chi connectivity index (χ1v) is 7.27. The van der Waals surface area contributed by atoms with E-state index >= 15 is 0 Å². The van der Waals surface area contributed by atoms with Gasteiger partial charge in [0.25, 0.3) is 0 Å². The van der Waals surface area contributed by atoms with E-state index < -0.39 is 0 Å². The summed E-state index contributed by atoms with van der Waals surface area (Å²) in [4.78, 5) is 0. The number of fused-ring (bicyclic) bond motifs is 1. The summed E-state index contributed by atoms with van der Waals surface area (Å²) < 4.78 is 6.13. The van der Waals surface area contributed by atoms with Crippen LogP contribution in [0.1, 0.15) is 22.8 Å². The van der Waals surface area contributed by atoms with E-state index in [0.29, 0.717) is 16.6 Å². The van der Waals surface area contributed by atoms with Gasteiger partial charge in [-0.1, -0.05) is 35.3 Å². The zero-order valence-electron chi connectivity index (χ0n) is 11.3. The van der Waals surface area contributed by atoms with Gasteiger partial charge in [0.05, 0.1) is 22.3 Å². The molecule has 0 saturated heterocycles. The molecule has 2 aromatic rings. The average Bonchev–Trinajstić information content (AvgIpc) is 2.41. The molecule has 0 radical (unpaired) electrons. The topological polar surface area (TPSA) is 21.3 Å². The molecule has 1 unspecified atom stereocenters. The highest BCUT2D eigenvalue weighted by Crippen LogP contribution is 2.38. The first-order valence-electron chi connectivity index (χ1n) is 6.51. The molecule has 4 heteroatoms. The zero-order chi connectivity index (χ0) is 14.3. The van der Waals surface area contributed by atoms with E-state index in [1.54, 1.807) is 6.07 Å². The molecule has 1 atom stereocenters. The van der Waals surface area contributed by atoms with Crippen LogP contribution in [-0.4, -0.2) is 6.54 Å². The smallest absolute Gasteiger partial charge is 0.146 e. The third kappa shape index (κ3) is 2.46. The summed E-state index contributed by atoms with van der Waals surface area (Å²) in [7, 11) is 0. The molecule has 0 saturated carbocycles. The van der Waals surface area contributed by atoms with Crippen LogP contribution in [0.15, 0.2) is 30.3 Å². The van der Waals surface area contributed by atoms with Gasteiger partial charge in [-0.15, -0.1) is 0 Å². The molecule has 1 N–H and O–H groups in total. The molecule has 104 valence electrons. The van der Waals surface area contributed by atoms with Gasteiger partial charge in [-0.05, 0) is 48.7 Å². The van der Waals surface area contributed by atoms with Gasteiger partial charge in [-0.2, -0.15) is 0 Å². The fraction of sp³-hybridized carbons (Fsp3) is 0.250. The number of nitrogens with one attached hydrogen (secondary N) is 1. The summed E-state index contributed by atoms with van der Waals surface area (Å²) in [5.74, 6) is 0.915. The van der Waals surface area contributed by atoms with E-state index in [-0.39, 0.29) is 6.10 Å². The van der Waals surface area contributed by atoms with Gasteiger partial charge < -0.3 is 10.1 Å². The van der Waals surface area contributed by atoms with Crippen molar-refractivity contribution in [3.8, 4) is 5.75 Å². The van der Waals surface area contributed by atoms with Crippen molar-refractivity contribution in [3.05, 3.63) is 57.1 Å². The molecule has 20 heavy (non-hydrogen) atoms. The van der Waals surface area contributed by atoms with Gasteiger partial charge in [0.1, 0.15) is 11.9 Å². The van der Waals surface area contributed by atoms with Gasteiger partial charge in [0.15, 0.2) is 0 Å². The molecule has 0 bridgehead atoms. The standard InChI is InChI=1S/C16H15Cl2NO/c1-9-5-10(2)16-14(6-9)19-8-15(20-16)11-3-4-12(17)13(18)7-11/h3-7,15,19H,8H2,1-2H3. The maximum absolute atomic E-state index is 6.13. The third-order valence-corrected chi connectivity index (χ3v) is 4.21. The lowest BCUT2D eigenvalue weighted by Gasteiger charge is -2.29. The van der Waals surface area contributed by atoms with Crippen LogP contribution in [-0.2, 0) is 0 Å². The summed E-state index contributed by atoms with van der Waals surface area (Å²) in [6.07, 6.45) is -0.0568. The SMILES string of the molecule is Cc1cc(C)c2c(c1)NCC(c1ccc(Cl)c(Cl)c1)O2. The Balaban J connectivity index is 1.93. The normalized spacial score (nSPS) is 17.1. The van der Waals surface area contributed by atoms with Crippen LogP contribution in [0.3, 0.4) is 0 Å². The summed E-state index contributed by atoms with van der Waals surface area (Å²) >= 11 is 12.0. The predicted molar refractivity (Wildman–Crippen MR) is 84.2 cm³/mol. The Hall–Kier alpha value is -1.38. The number of ether oxygens (including phenoxy) is 1. The van der Waals surface area contributed by atoms with Crippen molar-refractivity contribution in [1.82, 2.24) is 0 Å². The van der Waals surface area contributed by atoms with Crippen LogP contribution >= 0.6 is 23.2 Å². The van der Waals surface area contributed by atoms with E-state index in [1.165, 1.54) is 5.56 Å². The molecule has 1 aliphatic rings. The second kappa shape index (κ2) is 5.19. The first kappa shape index (κ1) is 13.6. The van der Waals surface area contributed by atoms with Crippen molar-refractivity contribution >= 4 is 28.9 Å². The molecule has 2 aromatic carbocycles. The highest BCUT2D eigenvalue weighted by atomic mass is 35.5. The highest BCUT2D eigenvalue weighted by molar-refractivity contribution is 6.42. The van der Waals surface area contributed by atoms with Crippen LogP contribution in [0.4, 0.5) is 5.69 Å². The molecule has 0 aromatic heterocycles. The van der Waals surface area contributed by atoms with Crippen molar-refractivity contribution in [2.75, 3.05) is 11.9 Å². The van der Waals surface area contributed by atoms with E-state index in [2.05, 4.69) is 31.3 Å². The fourth-order valence-electron chi connectivity index (χ4n) is 2.53. The quantitative estimate of drug-likeness (QED) is 0.786. The monoisotopic (exact) mass is 307 g/mol. The number of benzene rings is 2. The second-order valence-corrected chi connectivity index (χ2v) is 5.93. The minimum Gasteiger partial charge on any atom is -0.481 e. The summed E-state index contributed by atoms with van der Waals surface area (Å²) in [5.41, 5.74) is 4.44. The summed E-state index contributed by atoms with van der Waals surface area (Å²) in [6, 6.07) is 9.85. The number of anilines is 1. The molecule has 1 heterocycles. The lowest BCUT2D eigenvalue weighted by atomic mass is 10.0.